The largest absolute Gasteiger partial charge is 0.495 e. The lowest BCUT2D eigenvalue weighted by molar-refractivity contribution is 0.416. The Hall–Kier alpha value is -2.07. The van der Waals surface area contributed by atoms with Crippen molar-refractivity contribution in [1.82, 2.24) is 4.98 Å². The molecule has 0 unspecified atom stereocenters. The van der Waals surface area contributed by atoms with E-state index in [1.807, 2.05) is 36.7 Å². The Labute approximate surface area is 132 Å². The smallest absolute Gasteiger partial charge is 0.142 e. The lowest BCUT2D eigenvalue weighted by atomic mass is 10.1. The van der Waals surface area contributed by atoms with Crippen molar-refractivity contribution in [3.8, 4) is 5.75 Å². The maximum Gasteiger partial charge on any atom is 0.142 e. The molecule has 1 heterocycles. The van der Waals surface area contributed by atoms with Gasteiger partial charge in [0.1, 0.15) is 5.75 Å². The molecule has 0 saturated heterocycles. The van der Waals surface area contributed by atoms with Crippen LogP contribution in [0.5, 0.6) is 5.75 Å². The van der Waals surface area contributed by atoms with E-state index in [-0.39, 0.29) is 0 Å². The highest BCUT2D eigenvalue weighted by atomic mass is 79.9. The molecule has 0 saturated carbocycles. The fourth-order valence-corrected chi connectivity index (χ4v) is 2.62. The molecule has 2 aromatic carbocycles. The van der Waals surface area contributed by atoms with Crippen LogP contribution >= 0.6 is 15.9 Å². The Morgan fingerprint density at radius 1 is 1.10 bits per heavy atom. The molecule has 1 N–H and O–H groups in total. The van der Waals surface area contributed by atoms with Gasteiger partial charge in [-0.15, -0.1) is 0 Å². The van der Waals surface area contributed by atoms with E-state index in [1.165, 1.54) is 10.9 Å². The Morgan fingerprint density at radius 3 is 2.86 bits per heavy atom. The van der Waals surface area contributed by atoms with E-state index < -0.39 is 0 Å². The zero-order valence-electron chi connectivity index (χ0n) is 11.6. The molecule has 3 rings (SSSR count). The van der Waals surface area contributed by atoms with E-state index >= 15 is 0 Å². The minimum Gasteiger partial charge on any atom is -0.495 e. The van der Waals surface area contributed by atoms with Gasteiger partial charge in [0.2, 0.25) is 0 Å². The molecular formula is C17H15BrN2O. The SMILES string of the molecule is COc1ccc(Br)cc1NCc1ccc2cnccc2c1. The van der Waals surface area contributed by atoms with E-state index in [1.54, 1.807) is 7.11 Å². The molecule has 0 aliphatic rings. The highest BCUT2D eigenvalue weighted by Gasteiger charge is 2.04. The highest BCUT2D eigenvalue weighted by Crippen LogP contribution is 2.28. The quantitative estimate of drug-likeness (QED) is 0.751. The van der Waals surface area contributed by atoms with Crippen molar-refractivity contribution in [3.05, 3.63) is 64.9 Å². The number of nitrogens with one attached hydrogen (secondary N) is 1. The maximum atomic E-state index is 5.37. The summed E-state index contributed by atoms with van der Waals surface area (Å²) in [5.41, 5.74) is 2.19. The van der Waals surface area contributed by atoms with Crippen LogP contribution in [-0.4, -0.2) is 12.1 Å². The second-order valence-electron chi connectivity index (χ2n) is 4.76. The van der Waals surface area contributed by atoms with Crippen molar-refractivity contribution in [1.29, 1.82) is 0 Å². The number of ether oxygens (including phenoxy) is 1. The molecule has 0 fully saturated rings. The van der Waals surface area contributed by atoms with E-state index in [9.17, 15) is 0 Å². The van der Waals surface area contributed by atoms with Crippen LogP contribution in [0.4, 0.5) is 5.69 Å². The molecule has 0 atom stereocenters. The van der Waals surface area contributed by atoms with Crippen molar-refractivity contribution in [2.24, 2.45) is 0 Å². The highest BCUT2D eigenvalue weighted by molar-refractivity contribution is 9.10. The van der Waals surface area contributed by atoms with Gasteiger partial charge in [-0.05, 0) is 41.3 Å². The van der Waals surface area contributed by atoms with Crippen LogP contribution in [0.1, 0.15) is 5.56 Å². The summed E-state index contributed by atoms with van der Waals surface area (Å²) < 4.78 is 6.39. The number of fused-ring (bicyclic) bond motifs is 1. The summed E-state index contributed by atoms with van der Waals surface area (Å²) in [4.78, 5) is 4.13. The van der Waals surface area contributed by atoms with Gasteiger partial charge in [-0.2, -0.15) is 0 Å². The second kappa shape index (κ2) is 6.14. The molecular weight excluding hydrogens is 328 g/mol. The third kappa shape index (κ3) is 3.16. The van der Waals surface area contributed by atoms with Gasteiger partial charge in [0.15, 0.2) is 0 Å². The first kappa shape index (κ1) is 13.9. The summed E-state index contributed by atoms with van der Waals surface area (Å²) in [6.45, 7) is 0.741. The number of halogens is 1. The van der Waals surface area contributed by atoms with Gasteiger partial charge in [0, 0.05) is 28.8 Å². The van der Waals surface area contributed by atoms with Crippen LogP contribution in [0.25, 0.3) is 10.8 Å². The standard InChI is InChI=1S/C17H15BrN2O/c1-21-17-5-4-15(18)9-16(17)20-10-12-2-3-14-11-19-7-6-13(14)8-12/h2-9,11,20H,10H2,1H3. The number of pyridine rings is 1. The van der Waals surface area contributed by atoms with Crippen molar-refractivity contribution in [2.45, 2.75) is 6.54 Å². The van der Waals surface area contributed by atoms with Crippen LogP contribution in [0.3, 0.4) is 0 Å². The predicted octanol–water partition coefficient (Wildman–Crippen LogP) is 4.62. The Kier molecular flexibility index (Phi) is 4.06. The maximum absolute atomic E-state index is 5.37. The van der Waals surface area contributed by atoms with Gasteiger partial charge in [-0.1, -0.05) is 28.1 Å². The molecule has 0 amide bonds. The first-order chi connectivity index (χ1) is 10.3. The van der Waals surface area contributed by atoms with Crippen LogP contribution in [0, 0.1) is 0 Å². The summed E-state index contributed by atoms with van der Waals surface area (Å²) in [6, 6.07) is 14.3. The Balaban J connectivity index is 1.81. The molecule has 0 bridgehead atoms. The monoisotopic (exact) mass is 342 g/mol. The second-order valence-corrected chi connectivity index (χ2v) is 5.67. The fourth-order valence-electron chi connectivity index (χ4n) is 2.26. The van der Waals surface area contributed by atoms with Gasteiger partial charge in [0.25, 0.3) is 0 Å². The van der Waals surface area contributed by atoms with Crippen molar-refractivity contribution < 1.29 is 4.74 Å². The Morgan fingerprint density at radius 2 is 2.00 bits per heavy atom. The van der Waals surface area contributed by atoms with Gasteiger partial charge in [0.05, 0.1) is 12.8 Å². The predicted molar refractivity (Wildman–Crippen MR) is 89.8 cm³/mol. The summed E-state index contributed by atoms with van der Waals surface area (Å²) in [5.74, 6) is 0.836. The van der Waals surface area contributed by atoms with Crippen molar-refractivity contribution in [2.75, 3.05) is 12.4 Å². The van der Waals surface area contributed by atoms with Crippen molar-refractivity contribution in [3.63, 3.8) is 0 Å². The molecule has 0 aliphatic heterocycles. The molecule has 3 nitrogen and oxygen atoms in total. The number of benzene rings is 2. The first-order valence-corrected chi connectivity index (χ1v) is 7.45. The average molecular weight is 343 g/mol. The zero-order chi connectivity index (χ0) is 14.7. The summed E-state index contributed by atoms with van der Waals surface area (Å²) in [7, 11) is 1.68. The number of anilines is 1. The normalized spacial score (nSPS) is 10.6. The molecule has 1 aromatic heterocycles. The summed E-state index contributed by atoms with van der Waals surface area (Å²) >= 11 is 3.48. The molecule has 3 aromatic rings. The summed E-state index contributed by atoms with van der Waals surface area (Å²) in [6.07, 6.45) is 3.70. The zero-order valence-corrected chi connectivity index (χ0v) is 13.2. The third-order valence-electron chi connectivity index (χ3n) is 3.35. The fraction of sp³-hybridized carbons (Fsp3) is 0.118. The van der Waals surface area contributed by atoms with Crippen LogP contribution < -0.4 is 10.1 Å². The minimum atomic E-state index is 0.741. The number of hydrogen-bond donors (Lipinski definition) is 1. The molecule has 106 valence electrons. The lowest BCUT2D eigenvalue weighted by Crippen LogP contribution is -2.01. The van der Waals surface area contributed by atoms with Crippen molar-refractivity contribution >= 4 is 32.4 Å². The third-order valence-corrected chi connectivity index (χ3v) is 3.84. The van der Waals surface area contributed by atoms with Gasteiger partial charge < -0.3 is 10.1 Å². The molecule has 21 heavy (non-hydrogen) atoms. The van der Waals surface area contributed by atoms with E-state index in [0.717, 1.165) is 27.8 Å². The molecule has 4 heteroatoms. The molecule has 0 radical (unpaired) electrons. The number of rotatable bonds is 4. The van der Waals surface area contributed by atoms with E-state index in [4.69, 9.17) is 4.74 Å². The lowest BCUT2D eigenvalue weighted by Gasteiger charge is -2.12. The Bertz CT molecular complexity index is 774. The van der Waals surface area contributed by atoms with E-state index in [2.05, 4.69) is 44.4 Å². The van der Waals surface area contributed by atoms with E-state index in [0.29, 0.717) is 0 Å². The molecule has 0 spiro atoms. The van der Waals surface area contributed by atoms with Gasteiger partial charge >= 0.3 is 0 Å². The van der Waals surface area contributed by atoms with Gasteiger partial charge in [-0.3, -0.25) is 4.98 Å². The number of methoxy groups -OCH3 is 1. The van der Waals surface area contributed by atoms with Gasteiger partial charge in [-0.25, -0.2) is 0 Å². The molecule has 0 aliphatic carbocycles. The number of aromatic nitrogens is 1. The van der Waals surface area contributed by atoms with Crippen LogP contribution in [0.15, 0.2) is 59.3 Å². The average Bonchev–Trinajstić information content (AvgIpc) is 2.53. The van der Waals surface area contributed by atoms with Crippen LogP contribution in [-0.2, 0) is 6.54 Å². The summed E-state index contributed by atoms with van der Waals surface area (Å²) in [5, 5.41) is 5.77. The number of hydrogen-bond acceptors (Lipinski definition) is 3. The topological polar surface area (TPSA) is 34.1 Å². The first-order valence-electron chi connectivity index (χ1n) is 6.66. The van der Waals surface area contributed by atoms with Crippen LogP contribution in [0.2, 0.25) is 0 Å². The number of nitrogens with zero attached hydrogens (tertiary/aromatic N) is 1. The minimum absolute atomic E-state index is 0.741.